The van der Waals surface area contributed by atoms with Gasteiger partial charge in [0.1, 0.15) is 23.9 Å². The van der Waals surface area contributed by atoms with Crippen LogP contribution in [-0.2, 0) is 21.0 Å². The molecule has 2 saturated heterocycles. The van der Waals surface area contributed by atoms with Crippen molar-refractivity contribution in [3.63, 3.8) is 0 Å². The predicted molar refractivity (Wildman–Crippen MR) is 185 cm³/mol. The van der Waals surface area contributed by atoms with E-state index in [1.165, 1.54) is 5.56 Å². The van der Waals surface area contributed by atoms with Gasteiger partial charge in [0.05, 0.1) is 56.0 Å². The Morgan fingerprint density at radius 3 is 1.69 bits per heavy atom. The monoisotopic (exact) mass is 664 g/mol. The molecule has 8 nitrogen and oxygen atoms in total. The summed E-state index contributed by atoms with van der Waals surface area (Å²) in [5, 5.41) is 0. The summed E-state index contributed by atoms with van der Waals surface area (Å²) in [6, 6.07) is 26.9. The van der Waals surface area contributed by atoms with Gasteiger partial charge < -0.3 is 28.6 Å². The Bertz CT molecular complexity index is 1740. The lowest BCUT2D eigenvalue weighted by molar-refractivity contribution is -0.217. The lowest BCUT2D eigenvalue weighted by atomic mass is 9.84. The van der Waals surface area contributed by atoms with Crippen LogP contribution in [0.1, 0.15) is 73.0 Å². The van der Waals surface area contributed by atoms with E-state index in [0.717, 1.165) is 79.4 Å². The van der Waals surface area contributed by atoms with Gasteiger partial charge in [-0.05, 0) is 108 Å². The van der Waals surface area contributed by atoms with Gasteiger partial charge in [-0.3, -0.25) is 0 Å². The molecule has 0 bridgehead atoms. The maximum atomic E-state index is 13.0. The van der Waals surface area contributed by atoms with Crippen LogP contribution < -0.4 is 19.1 Å². The fraction of sp³-hybridized carbons (Fsp3) is 0.390. The van der Waals surface area contributed by atoms with Crippen molar-refractivity contribution in [3.8, 4) is 34.1 Å². The molecule has 0 aromatic heterocycles. The Kier molecular flexibility index (Phi) is 9.63. The SMILES string of the molecule is CCC1c2cc(OOCc3ccc(OCC4(CC)COC4)cc3)ccc2-c2ccc(OC(=O)c3ccc(OCC4(CC)COC4)cc3)cc21. The van der Waals surface area contributed by atoms with Gasteiger partial charge in [-0.25, -0.2) is 4.79 Å². The molecule has 2 aliphatic heterocycles. The molecule has 3 aliphatic rings. The number of carbonyl (C=O) groups excluding carboxylic acids is 1. The van der Waals surface area contributed by atoms with E-state index in [9.17, 15) is 4.79 Å². The van der Waals surface area contributed by atoms with E-state index in [-0.39, 0.29) is 16.7 Å². The number of benzene rings is 4. The summed E-state index contributed by atoms with van der Waals surface area (Å²) in [5.74, 6) is 2.46. The van der Waals surface area contributed by atoms with Crippen LogP contribution in [0.2, 0.25) is 0 Å². The summed E-state index contributed by atoms with van der Waals surface area (Å²) in [5.41, 5.74) is 6.27. The molecule has 0 saturated carbocycles. The zero-order valence-corrected chi connectivity index (χ0v) is 28.5. The molecule has 0 radical (unpaired) electrons. The third-order valence-electron chi connectivity index (χ3n) is 10.3. The standard InChI is InChI=1S/C41H44O8/c1-4-34-37-19-32(48-39(42)29-9-13-31(14-10-29)46-27-41(6-3)24-44-25-41)15-17-35(37)36-18-16-33(20-38(34)36)49-47-21-28-7-11-30(12-8-28)45-26-40(5-2)22-43-23-40/h7-20,34H,4-6,21-27H2,1-3H3. The zero-order valence-electron chi connectivity index (χ0n) is 28.5. The summed E-state index contributed by atoms with van der Waals surface area (Å²) < 4.78 is 28.6. The molecule has 2 fully saturated rings. The van der Waals surface area contributed by atoms with E-state index in [2.05, 4.69) is 26.8 Å². The highest BCUT2D eigenvalue weighted by Gasteiger charge is 2.38. The maximum absolute atomic E-state index is 13.0. The third kappa shape index (κ3) is 7.04. The first-order valence-electron chi connectivity index (χ1n) is 17.3. The second-order valence-corrected chi connectivity index (χ2v) is 13.6. The van der Waals surface area contributed by atoms with Crippen LogP contribution >= 0.6 is 0 Å². The average molecular weight is 665 g/mol. The van der Waals surface area contributed by atoms with Crippen LogP contribution in [0, 0.1) is 10.8 Å². The maximum Gasteiger partial charge on any atom is 0.343 e. The van der Waals surface area contributed by atoms with Gasteiger partial charge in [0, 0.05) is 5.92 Å². The van der Waals surface area contributed by atoms with Gasteiger partial charge in [0.15, 0.2) is 5.75 Å². The van der Waals surface area contributed by atoms with Gasteiger partial charge in [-0.15, -0.1) is 0 Å². The lowest BCUT2D eigenvalue weighted by Gasteiger charge is -2.40. The first-order chi connectivity index (χ1) is 23.9. The van der Waals surface area contributed by atoms with Gasteiger partial charge in [-0.1, -0.05) is 45.0 Å². The van der Waals surface area contributed by atoms with Crippen LogP contribution in [-0.4, -0.2) is 45.6 Å². The van der Waals surface area contributed by atoms with E-state index >= 15 is 0 Å². The summed E-state index contributed by atoms with van der Waals surface area (Å²) in [4.78, 5) is 24.4. The van der Waals surface area contributed by atoms with Crippen molar-refractivity contribution in [3.05, 3.63) is 107 Å². The van der Waals surface area contributed by atoms with E-state index in [0.29, 0.717) is 36.9 Å². The Morgan fingerprint density at radius 2 is 1.18 bits per heavy atom. The van der Waals surface area contributed by atoms with E-state index < -0.39 is 5.97 Å². The van der Waals surface area contributed by atoms with Crippen LogP contribution in [0.4, 0.5) is 0 Å². The molecule has 0 spiro atoms. The van der Waals surface area contributed by atoms with E-state index in [1.807, 2.05) is 66.7 Å². The highest BCUT2D eigenvalue weighted by Crippen LogP contribution is 2.48. The van der Waals surface area contributed by atoms with Gasteiger partial charge in [-0.2, -0.15) is 4.89 Å². The van der Waals surface area contributed by atoms with Gasteiger partial charge >= 0.3 is 5.97 Å². The van der Waals surface area contributed by atoms with Crippen molar-refractivity contribution < 1.29 is 38.3 Å². The molecule has 256 valence electrons. The molecule has 49 heavy (non-hydrogen) atoms. The molecule has 7 rings (SSSR count). The zero-order chi connectivity index (χ0) is 33.8. The second kappa shape index (κ2) is 14.2. The molecule has 0 N–H and O–H groups in total. The molecule has 4 aromatic rings. The first kappa shape index (κ1) is 33.1. The van der Waals surface area contributed by atoms with E-state index in [1.54, 1.807) is 12.1 Å². The minimum atomic E-state index is -0.406. The Hall–Kier alpha value is -4.37. The van der Waals surface area contributed by atoms with Crippen molar-refractivity contribution in [2.75, 3.05) is 39.6 Å². The third-order valence-corrected chi connectivity index (χ3v) is 10.3. The number of ether oxygens (including phenoxy) is 5. The smallest absolute Gasteiger partial charge is 0.343 e. The first-order valence-corrected chi connectivity index (χ1v) is 17.3. The van der Waals surface area contributed by atoms with Crippen LogP contribution in [0.15, 0.2) is 84.9 Å². The minimum absolute atomic E-state index is 0.0946. The molecule has 1 atom stereocenters. The van der Waals surface area contributed by atoms with Crippen LogP contribution in [0.3, 0.4) is 0 Å². The Balaban J connectivity index is 0.932. The fourth-order valence-corrected chi connectivity index (χ4v) is 6.61. The minimum Gasteiger partial charge on any atom is -0.493 e. The summed E-state index contributed by atoms with van der Waals surface area (Å²) in [6.45, 7) is 11.0. The topological polar surface area (TPSA) is 81.7 Å². The summed E-state index contributed by atoms with van der Waals surface area (Å²) >= 11 is 0. The fourth-order valence-electron chi connectivity index (χ4n) is 6.61. The van der Waals surface area contributed by atoms with Crippen LogP contribution in [0.5, 0.6) is 23.0 Å². The number of hydrogen-bond donors (Lipinski definition) is 0. The van der Waals surface area contributed by atoms with Gasteiger partial charge in [0.25, 0.3) is 0 Å². The quantitative estimate of drug-likeness (QED) is 0.0541. The van der Waals surface area contributed by atoms with Crippen molar-refractivity contribution in [2.45, 2.75) is 52.6 Å². The normalized spacial score (nSPS) is 18.0. The molecule has 4 aromatic carbocycles. The molecule has 2 heterocycles. The second-order valence-electron chi connectivity index (χ2n) is 13.6. The lowest BCUT2D eigenvalue weighted by Crippen LogP contribution is -2.46. The molecule has 0 amide bonds. The average Bonchev–Trinajstić information content (AvgIpc) is 3.40. The molecule has 1 aliphatic carbocycles. The largest absolute Gasteiger partial charge is 0.493 e. The highest BCUT2D eigenvalue weighted by molar-refractivity contribution is 5.91. The Morgan fingerprint density at radius 1 is 0.673 bits per heavy atom. The molecule has 8 heteroatoms. The highest BCUT2D eigenvalue weighted by atomic mass is 17.2. The molecular weight excluding hydrogens is 620 g/mol. The van der Waals surface area contributed by atoms with Gasteiger partial charge in [0.2, 0.25) is 0 Å². The summed E-state index contributed by atoms with van der Waals surface area (Å²) in [6.07, 6.45) is 2.94. The molecular formula is C41H44O8. The van der Waals surface area contributed by atoms with E-state index in [4.69, 9.17) is 33.5 Å². The predicted octanol–water partition coefficient (Wildman–Crippen LogP) is 8.55. The number of fused-ring (bicyclic) bond motifs is 3. The summed E-state index contributed by atoms with van der Waals surface area (Å²) in [7, 11) is 0. The number of esters is 1. The Labute approximate surface area is 288 Å². The van der Waals surface area contributed by atoms with Crippen molar-refractivity contribution in [1.82, 2.24) is 0 Å². The van der Waals surface area contributed by atoms with Crippen molar-refractivity contribution in [2.24, 2.45) is 10.8 Å². The number of carbonyl (C=O) groups is 1. The number of rotatable bonds is 15. The number of hydrogen-bond acceptors (Lipinski definition) is 8. The van der Waals surface area contributed by atoms with Crippen molar-refractivity contribution >= 4 is 5.97 Å². The van der Waals surface area contributed by atoms with Crippen LogP contribution in [0.25, 0.3) is 11.1 Å². The van der Waals surface area contributed by atoms with Crippen molar-refractivity contribution in [1.29, 1.82) is 0 Å². The molecule has 1 unspecified atom stereocenters.